The SMILES string of the molecule is CC(=O)O[C@@H]1C[C@@H]2C[C@@H]1[C@H]1O[C@H]21. The molecule has 0 unspecified atom stereocenters. The van der Waals surface area contributed by atoms with Gasteiger partial charge in [0.25, 0.3) is 0 Å². The van der Waals surface area contributed by atoms with Crippen LogP contribution in [0.2, 0.25) is 0 Å². The Balaban J connectivity index is 1.72. The highest BCUT2D eigenvalue weighted by molar-refractivity contribution is 5.66. The standard InChI is InChI=1S/C9H12O3/c1-4(10)11-7-3-5-2-6(7)9-8(5)12-9/h5-9H,2-3H2,1H3/t5-,6-,7+,8+,9+/m0/s1. The monoisotopic (exact) mass is 168 g/mol. The first-order chi connectivity index (χ1) is 5.75. The molecule has 2 saturated carbocycles. The second-order valence-electron chi connectivity index (χ2n) is 4.11. The summed E-state index contributed by atoms with van der Waals surface area (Å²) in [5.74, 6) is 1.05. The second-order valence-corrected chi connectivity index (χ2v) is 4.11. The summed E-state index contributed by atoms with van der Waals surface area (Å²) in [6, 6.07) is 0. The molecule has 66 valence electrons. The number of esters is 1. The predicted octanol–water partition coefficient (Wildman–Crippen LogP) is 0.725. The Labute approximate surface area is 71.0 Å². The first kappa shape index (κ1) is 6.89. The highest BCUT2D eigenvalue weighted by Crippen LogP contribution is 2.57. The van der Waals surface area contributed by atoms with Crippen molar-refractivity contribution in [2.45, 2.75) is 38.1 Å². The van der Waals surface area contributed by atoms with Gasteiger partial charge in [-0.05, 0) is 18.8 Å². The Bertz CT molecular complexity index is 238. The van der Waals surface area contributed by atoms with Gasteiger partial charge in [0.1, 0.15) is 6.10 Å². The minimum Gasteiger partial charge on any atom is -0.462 e. The molecule has 0 aromatic heterocycles. The third-order valence-electron chi connectivity index (χ3n) is 3.35. The molecule has 1 aliphatic heterocycles. The highest BCUT2D eigenvalue weighted by Gasteiger charge is 2.64. The summed E-state index contributed by atoms with van der Waals surface area (Å²) in [6.45, 7) is 1.48. The summed E-state index contributed by atoms with van der Waals surface area (Å²) < 4.78 is 10.7. The van der Waals surface area contributed by atoms with E-state index in [0.717, 1.165) is 6.42 Å². The fourth-order valence-electron chi connectivity index (χ4n) is 2.89. The van der Waals surface area contributed by atoms with Crippen molar-refractivity contribution in [2.24, 2.45) is 11.8 Å². The zero-order valence-corrected chi connectivity index (χ0v) is 7.03. The number of fused-ring (bicyclic) bond motifs is 5. The molecule has 1 saturated heterocycles. The van der Waals surface area contributed by atoms with Crippen LogP contribution >= 0.6 is 0 Å². The van der Waals surface area contributed by atoms with E-state index < -0.39 is 0 Å². The van der Waals surface area contributed by atoms with Crippen molar-refractivity contribution in [3.05, 3.63) is 0 Å². The van der Waals surface area contributed by atoms with Crippen molar-refractivity contribution in [1.82, 2.24) is 0 Å². The molecular weight excluding hydrogens is 156 g/mol. The zero-order valence-electron chi connectivity index (χ0n) is 7.03. The zero-order chi connectivity index (χ0) is 8.29. The molecule has 0 aromatic rings. The van der Waals surface area contributed by atoms with Crippen LogP contribution in [0.15, 0.2) is 0 Å². The first-order valence-electron chi connectivity index (χ1n) is 4.58. The third kappa shape index (κ3) is 0.774. The summed E-state index contributed by atoms with van der Waals surface area (Å²) >= 11 is 0. The Morgan fingerprint density at radius 1 is 1.42 bits per heavy atom. The molecule has 3 nitrogen and oxygen atoms in total. The lowest BCUT2D eigenvalue weighted by molar-refractivity contribution is -0.148. The van der Waals surface area contributed by atoms with Gasteiger partial charge in [-0.15, -0.1) is 0 Å². The van der Waals surface area contributed by atoms with E-state index >= 15 is 0 Å². The number of hydrogen-bond acceptors (Lipinski definition) is 3. The summed E-state index contributed by atoms with van der Waals surface area (Å²) in [6.07, 6.45) is 3.38. The number of carbonyl (C=O) groups is 1. The summed E-state index contributed by atoms with van der Waals surface area (Å²) in [4.78, 5) is 10.7. The highest BCUT2D eigenvalue weighted by atomic mass is 16.6. The molecule has 0 radical (unpaired) electrons. The molecule has 3 aliphatic rings. The van der Waals surface area contributed by atoms with Crippen LogP contribution in [0, 0.1) is 11.8 Å². The normalized spacial score (nSPS) is 53.6. The van der Waals surface area contributed by atoms with E-state index in [1.54, 1.807) is 0 Å². The van der Waals surface area contributed by atoms with Crippen molar-refractivity contribution in [2.75, 3.05) is 0 Å². The fraction of sp³-hybridized carbons (Fsp3) is 0.889. The minimum absolute atomic E-state index is 0.148. The van der Waals surface area contributed by atoms with E-state index in [-0.39, 0.29) is 12.1 Å². The Morgan fingerprint density at radius 2 is 2.25 bits per heavy atom. The van der Waals surface area contributed by atoms with Crippen LogP contribution < -0.4 is 0 Å². The molecule has 5 atom stereocenters. The fourth-order valence-corrected chi connectivity index (χ4v) is 2.89. The quantitative estimate of drug-likeness (QED) is 0.428. The van der Waals surface area contributed by atoms with E-state index in [9.17, 15) is 4.79 Å². The van der Waals surface area contributed by atoms with Gasteiger partial charge in [0.05, 0.1) is 12.2 Å². The van der Waals surface area contributed by atoms with Gasteiger partial charge in [-0.2, -0.15) is 0 Å². The van der Waals surface area contributed by atoms with E-state index in [1.807, 2.05) is 0 Å². The Morgan fingerprint density at radius 3 is 2.83 bits per heavy atom. The Kier molecular flexibility index (Phi) is 1.16. The van der Waals surface area contributed by atoms with Crippen LogP contribution in [0.3, 0.4) is 0 Å². The molecule has 1 heterocycles. The van der Waals surface area contributed by atoms with Crippen LogP contribution in [0.25, 0.3) is 0 Å². The van der Waals surface area contributed by atoms with Crippen LogP contribution in [0.5, 0.6) is 0 Å². The average Bonchev–Trinajstić information content (AvgIpc) is 2.61. The van der Waals surface area contributed by atoms with Gasteiger partial charge in [0, 0.05) is 12.8 Å². The molecule has 2 bridgehead atoms. The number of epoxide rings is 1. The summed E-state index contributed by atoms with van der Waals surface area (Å²) in [5.41, 5.74) is 0. The van der Waals surface area contributed by atoms with E-state index in [0.29, 0.717) is 24.0 Å². The average molecular weight is 168 g/mol. The molecule has 3 heteroatoms. The van der Waals surface area contributed by atoms with Crippen molar-refractivity contribution in [3.8, 4) is 0 Å². The van der Waals surface area contributed by atoms with Gasteiger partial charge in [-0.25, -0.2) is 0 Å². The number of rotatable bonds is 1. The van der Waals surface area contributed by atoms with Crippen molar-refractivity contribution >= 4 is 5.97 Å². The maximum absolute atomic E-state index is 10.7. The van der Waals surface area contributed by atoms with Gasteiger partial charge in [-0.3, -0.25) is 4.79 Å². The van der Waals surface area contributed by atoms with Gasteiger partial charge in [-0.1, -0.05) is 0 Å². The molecule has 12 heavy (non-hydrogen) atoms. The number of carbonyl (C=O) groups excluding carboxylic acids is 1. The van der Waals surface area contributed by atoms with Crippen molar-refractivity contribution < 1.29 is 14.3 Å². The Hall–Kier alpha value is -0.570. The smallest absolute Gasteiger partial charge is 0.302 e. The van der Waals surface area contributed by atoms with Gasteiger partial charge in [0.2, 0.25) is 0 Å². The van der Waals surface area contributed by atoms with Crippen LogP contribution in [-0.2, 0) is 14.3 Å². The van der Waals surface area contributed by atoms with Crippen LogP contribution in [-0.4, -0.2) is 24.3 Å². The molecule has 0 aromatic carbocycles. The molecule has 3 fully saturated rings. The van der Waals surface area contributed by atoms with Gasteiger partial charge < -0.3 is 9.47 Å². The molecule has 0 spiro atoms. The molecular formula is C9H12O3. The molecule has 0 amide bonds. The van der Waals surface area contributed by atoms with Crippen LogP contribution in [0.4, 0.5) is 0 Å². The van der Waals surface area contributed by atoms with E-state index in [4.69, 9.17) is 9.47 Å². The predicted molar refractivity (Wildman–Crippen MR) is 40.4 cm³/mol. The molecule has 0 N–H and O–H groups in total. The summed E-state index contributed by atoms with van der Waals surface area (Å²) in [7, 11) is 0. The van der Waals surface area contributed by atoms with Crippen molar-refractivity contribution in [1.29, 1.82) is 0 Å². The molecule has 2 aliphatic carbocycles. The summed E-state index contributed by atoms with van der Waals surface area (Å²) in [5, 5.41) is 0. The lowest BCUT2D eigenvalue weighted by atomic mass is 9.98. The second kappa shape index (κ2) is 2.02. The van der Waals surface area contributed by atoms with E-state index in [2.05, 4.69) is 0 Å². The number of ether oxygens (including phenoxy) is 2. The lowest BCUT2D eigenvalue weighted by Gasteiger charge is -2.18. The maximum atomic E-state index is 10.7. The van der Waals surface area contributed by atoms with Crippen molar-refractivity contribution in [3.63, 3.8) is 0 Å². The largest absolute Gasteiger partial charge is 0.462 e. The lowest BCUT2D eigenvalue weighted by Crippen LogP contribution is -2.27. The molecule has 3 rings (SSSR count). The minimum atomic E-state index is -0.148. The van der Waals surface area contributed by atoms with E-state index in [1.165, 1.54) is 13.3 Å². The topological polar surface area (TPSA) is 38.8 Å². The van der Waals surface area contributed by atoms with Gasteiger partial charge >= 0.3 is 5.97 Å². The first-order valence-corrected chi connectivity index (χ1v) is 4.58. The number of hydrogen-bond donors (Lipinski definition) is 0. The third-order valence-corrected chi connectivity index (χ3v) is 3.35. The van der Waals surface area contributed by atoms with Gasteiger partial charge in [0.15, 0.2) is 0 Å². The maximum Gasteiger partial charge on any atom is 0.302 e. The van der Waals surface area contributed by atoms with Crippen LogP contribution in [0.1, 0.15) is 19.8 Å².